The summed E-state index contributed by atoms with van der Waals surface area (Å²) in [6, 6.07) is 0. The molecule has 0 aromatic carbocycles. The van der Waals surface area contributed by atoms with Gasteiger partial charge < -0.3 is 19.5 Å². The van der Waals surface area contributed by atoms with Gasteiger partial charge in [0.1, 0.15) is 11.4 Å². The molecule has 0 aromatic rings. The molecule has 1 saturated heterocycles. The second-order valence-corrected chi connectivity index (χ2v) is 6.18. The van der Waals surface area contributed by atoms with E-state index in [1.165, 1.54) is 0 Å². The van der Waals surface area contributed by atoms with Gasteiger partial charge in [-0.15, -0.1) is 0 Å². The predicted octanol–water partition coefficient (Wildman–Crippen LogP) is 0.641. The zero-order chi connectivity index (χ0) is 15.3. The molecule has 2 heterocycles. The van der Waals surface area contributed by atoms with Crippen molar-refractivity contribution >= 4 is 11.9 Å². The van der Waals surface area contributed by atoms with E-state index in [4.69, 9.17) is 14.2 Å². The minimum absolute atomic E-state index is 0.0401. The van der Waals surface area contributed by atoms with Gasteiger partial charge in [0, 0.05) is 13.1 Å². The van der Waals surface area contributed by atoms with Gasteiger partial charge in [-0.25, -0.2) is 4.79 Å². The molecule has 0 radical (unpaired) electrons. The molecule has 7 heteroatoms. The van der Waals surface area contributed by atoms with E-state index in [9.17, 15) is 4.79 Å². The number of hydrogen-bond donors (Lipinski definition) is 1. The fourth-order valence-electron chi connectivity index (χ4n) is 2.10. The second kappa shape index (κ2) is 7.09. The fraction of sp³-hybridized carbons (Fsp3) is 0.857. The maximum atomic E-state index is 12.0. The number of ether oxygens (including phenoxy) is 3. The van der Waals surface area contributed by atoms with Crippen molar-refractivity contribution in [1.29, 1.82) is 0 Å². The zero-order valence-electron chi connectivity index (χ0n) is 13.1. The van der Waals surface area contributed by atoms with E-state index in [1.807, 2.05) is 20.8 Å². The van der Waals surface area contributed by atoms with Crippen LogP contribution in [0.5, 0.6) is 0 Å². The maximum absolute atomic E-state index is 12.0. The second-order valence-electron chi connectivity index (χ2n) is 6.18. The highest BCUT2D eigenvalue weighted by molar-refractivity contribution is 5.87. The molecule has 1 unspecified atom stereocenters. The zero-order valence-corrected chi connectivity index (χ0v) is 13.1. The monoisotopic (exact) mass is 299 g/mol. The van der Waals surface area contributed by atoms with Crippen LogP contribution in [0.2, 0.25) is 0 Å². The first-order chi connectivity index (χ1) is 9.94. The van der Waals surface area contributed by atoms with Crippen molar-refractivity contribution in [2.75, 3.05) is 46.0 Å². The lowest BCUT2D eigenvalue weighted by molar-refractivity contribution is -0.0850. The van der Waals surface area contributed by atoms with Crippen LogP contribution in [0.3, 0.4) is 0 Å². The molecule has 21 heavy (non-hydrogen) atoms. The van der Waals surface area contributed by atoms with Gasteiger partial charge in [0.2, 0.25) is 0 Å². The molecule has 120 valence electrons. The topological polar surface area (TPSA) is 72.4 Å². The van der Waals surface area contributed by atoms with Crippen molar-refractivity contribution in [3.8, 4) is 0 Å². The quantitative estimate of drug-likeness (QED) is 0.810. The van der Waals surface area contributed by atoms with Gasteiger partial charge in [-0.1, -0.05) is 0 Å². The Morgan fingerprint density at radius 3 is 2.95 bits per heavy atom. The number of nitrogens with zero attached hydrogens (tertiary/aromatic N) is 2. The summed E-state index contributed by atoms with van der Waals surface area (Å²) in [5.74, 6) is 0.793. The largest absolute Gasteiger partial charge is 0.444 e. The maximum Gasteiger partial charge on any atom is 0.410 e. The summed E-state index contributed by atoms with van der Waals surface area (Å²) in [7, 11) is 0. The minimum Gasteiger partial charge on any atom is -0.444 e. The number of aliphatic imine (C=N–C) groups is 1. The van der Waals surface area contributed by atoms with E-state index < -0.39 is 5.60 Å². The van der Waals surface area contributed by atoms with E-state index in [-0.39, 0.29) is 12.2 Å². The molecule has 7 nitrogen and oxygen atoms in total. The average molecular weight is 299 g/mol. The van der Waals surface area contributed by atoms with E-state index in [1.54, 1.807) is 4.90 Å². The van der Waals surface area contributed by atoms with Crippen LogP contribution in [-0.2, 0) is 14.2 Å². The third kappa shape index (κ3) is 5.51. The summed E-state index contributed by atoms with van der Waals surface area (Å²) in [6.07, 6.45) is -0.257. The van der Waals surface area contributed by atoms with Gasteiger partial charge in [-0.3, -0.25) is 9.89 Å². The highest BCUT2D eigenvalue weighted by atomic mass is 16.6. The SMILES string of the molecule is CC(C)(C)OC(=O)N1CCN=C(NCC2COCCO2)C1. The van der Waals surface area contributed by atoms with Gasteiger partial charge in [-0.2, -0.15) is 0 Å². The van der Waals surface area contributed by atoms with Crippen molar-refractivity contribution in [2.45, 2.75) is 32.5 Å². The summed E-state index contributed by atoms with van der Waals surface area (Å²) in [5.41, 5.74) is -0.480. The standard InChI is InChI=1S/C14H25N3O4/c1-14(2,3)21-13(18)17-5-4-15-12(9-17)16-8-11-10-19-6-7-20-11/h11H,4-10H2,1-3H3,(H,15,16). The minimum atomic E-state index is -0.480. The van der Waals surface area contributed by atoms with Crippen LogP contribution in [0, 0.1) is 0 Å². The molecular formula is C14H25N3O4. The average Bonchev–Trinajstić information content (AvgIpc) is 2.45. The lowest BCUT2D eigenvalue weighted by atomic mass is 10.2. The molecule has 0 aromatic heterocycles. The molecule has 0 saturated carbocycles. The molecule has 1 fully saturated rings. The first-order valence-corrected chi connectivity index (χ1v) is 7.38. The highest BCUT2D eigenvalue weighted by Crippen LogP contribution is 2.11. The van der Waals surface area contributed by atoms with E-state index in [0.717, 1.165) is 5.84 Å². The number of carbonyl (C=O) groups excluding carboxylic acids is 1. The predicted molar refractivity (Wildman–Crippen MR) is 78.7 cm³/mol. The Hall–Kier alpha value is -1.34. The van der Waals surface area contributed by atoms with Gasteiger partial charge in [0.05, 0.1) is 39.0 Å². The third-order valence-electron chi connectivity index (χ3n) is 3.08. The van der Waals surface area contributed by atoms with Crippen molar-refractivity contribution in [3.05, 3.63) is 0 Å². The summed E-state index contributed by atoms with van der Waals surface area (Å²) in [5, 5.41) is 3.23. The Morgan fingerprint density at radius 1 is 1.48 bits per heavy atom. The number of carbonyl (C=O) groups is 1. The van der Waals surface area contributed by atoms with E-state index in [2.05, 4.69) is 10.3 Å². The third-order valence-corrected chi connectivity index (χ3v) is 3.08. The molecule has 0 bridgehead atoms. The molecule has 2 aliphatic heterocycles. The first kappa shape index (κ1) is 16.0. The van der Waals surface area contributed by atoms with Gasteiger partial charge in [0.15, 0.2) is 0 Å². The summed E-state index contributed by atoms with van der Waals surface area (Å²) in [4.78, 5) is 18.1. The van der Waals surface area contributed by atoms with Crippen LogP contribution >= 0.6 is 0 Å². The van der Waals surface area contributed by atoms with Crippen LogP contribution in [-0.4, -0.2) is 74.5 Å². The van der Waals surface area contributed by atoms with Gasteiger partial charge in [-0.05, 0) is 20.8 Å². The molecule has 1 amide bonds. The Kier molecular flexibility index (Phi) is 5.41. The molecule has 1 atom stereocenters. The number of rotatable bonds is 2. The van der Waals surface area contributed by atoms with Crippen molar-refractivity contribution in [2.24, 2.45) is 4.99 Å². The van der Waals surface area contributed by atoms with Crippen LogP contribution in [0.1, 0.15) is 20.8 Å². The Balaban J connectivity index is 1.77. The highest BCUT2D eigenvalue weighted by Gasteiger charge is 2.25. The number of amides is 1. The van der Waals surface area contributed by atoms with Crippen LogP contribution < -0.4 is 5.32 Å². The number of hydrogen-bond acceptors (Lipinski definition) is 6. The normalized spacial score (nSPS) is 23.5. The molecule has 0 aliphatic carbocycles. The van der Waals surface area contributed by atoms with E-state index >= 15 is 0 Å². The molecule has 2 aliphatic rings. The lowest BCUT2D eigenvalue weighted by Crippen LogP contribution is -2.49. The van der Waals surface area contributed by atoms with Gasteiger partial charge in [0.25, 0.3) is 0 Å². The van der Waals surface area contributed by atoms with Crippen molar-refractivity contribution in [1.82, 2.24) is 10.2 Å². The van der Waals surface area contributed by atoms with Crippen LogP contribution in [0.4, 0.5) is 4.79 Å². The number of nitrogens with one attached hydrogen (secondary N) is 1. The number of amidine groups is 1. The molecule has 2 rings (SSSR count). The summed E-state index contributed by atoms with van der Waals surface area (Å²) < 4.78 is 16.3. The van der Waals surface area contributed by atoms with Crippen LogP contribution in [0.15, 0.2) is 4.99 Å². The molecule has 1 N–H and O–H groups in total. The lowest BCUT2D eigenvalue weighted by Gasteiger charge is -2.30. The smallest absolute Gasteiger partial charge is 0.410 e. The molecular weight excluding hydrogens is 274 g/mol. The summed E-state index contributed by atoms with van der Waals surface area (Å²) in [6.45, 7) is 9.73. The van der Waals surface area contributed by atoms with Crippen molar-refractivity contribution < 1.29 is 19.0 Å². The Bertz CT molecular complexity index is 386. The van der Waals surface area contributed by atoms with E-state index in [0.29, 0.717) is 46.0 Å². The first-order valence-electron chi connectivity index (χ1n) is 7.38. The van der Waals surface area contributed by atoms with Crippen molar-refractivity contribution in [3.63, 3.8) is 0 Å². The fourth-order valence-corrected chi connectivity index (χ4v) is 2.10. The van der Waals surface area contributed by atoms with Gasteiger partial charge >= 0.3 is 6.09 Å². The Labute approximate surface area is 125 Å². The molecule has 0 spiro atoms. The van der Waals surface area contributed by atoms with Crippen LogP contribution in [0.25, 0.3) is 0 Å². The Morgan fingerprint density at radius 2 is 2.29 bits per heavy atom. The summed E-state index contributed by atoms with van der Waals surface area (Å²) >= 11 is 0.